The molecule has 0 atom stereocenters. The molecule has 0 unspecified atom stereocenters. The Bertz CT molecular complexity index is 890. The summed E-state index contributed by atoms with van der Waals surface area (Å²) in [5, 5.41) is 0. The van der Waals surface area contributed by atoms with Crippen LogP contribution in [0.5, 0.6) is 5.75 Å². The number of aliphatic imine (C=N–C) groups is 1. The molecular weight excluding hydrogens is 326 g/mol. The molecule has 26 heavy (non-hydrogen) atoms. The lowest BCUT2D eigenvalue weighted by molar-refractivity contribution is -0.129. The minimum atomic E-state index is -0.447. The zero-order chi connectivity index (χ0) is 18.5. The van der Waals surface area contributed by atoms with Crippen LogP contribution in [-0.2, 0) is 9.53 Å². The molecule has 132 valence electrons. The lowest BCUT2D eigenvalue weighted by Gasteiger charge is -2.04. The van der Waals surface area contributed by atoms with Gasteiger partial charge in [0.25, 0.3) is 0 Å². The predicted octanol–water partition coefficient (Wildman–Crippen LogP) is 4.83. The Morgan fingerprint density at radius 3 is 2.46 bits per heavy atom. The highest BCUT2D eigenvalue weighted by molar-refractivity contribution is 6.11. The molecule has 4 heteroatoms. The Morgan fingerprint density at radius 2 is 1.77 bits per heavy atom. The molecule has 3 rings (SSSR count). The summed E-state index contributed by atoms with van der Waals surface area (Å²) in [6, 6.07) is 15.7. The maximum absolute atomic E-state index is 12.0. The van der Waals surface area contributed by atoms with Gasteiger partial charge in [0.15, 0.2) is 5.70 Å². The fraction of sp³-hybridized carbons (Fsp3) is 0.182. The van der Waals surface area contributed by atoms with E-state index in [0.29, 0.717) is 11.6 Å². The number of benzene rings is 2. The smallest absolute Gasteiger partial charge is 0.363 e. The Labute approximate surface area is 153 Å². The molecule has 0 radical (unpaired) electrons. The largest absolute Gasteiger partial charge is 0.496 e. The first-order chi connectivity index (χ1) is 12.6. The van der Waals surface area contributed by atoms with Crippen LogP contribution >= 0.6 is 0 Å². The van der Waals surface area contributed by atoms with E-state index in [1.54, 1.807) is 19.3 Å². The van der Waals surface area contributed by atoms with Gasteiger partial charge in [0.05, 0.1) is 7.11 Å². The summed E-state index contributed by atoms with van der Waals surface area (Å²) in [5.41, 5.74) is 3.35. The molecule has 2 aromatic rings. The van der Waals surface area contributed by atoms with E-state index in [4.69, 9.17) is 9.47 Å². The average Bonchev–Trinajstić information content (AvgIpc) is 3.00. The van der Waals surface area contributed by atoms with Gasteiger partial charge in [0.2, 0.25) is 5.90 Å². The Hall–Kier alpha value is -3.14. The first-order valence-corrected chi connectivity index (χ1v) is 8.50. The SMILES string of the molecule is COc1ccccc1/C=C/C1=NC(=C\c2ccc(C(C)C)cc2)/C(=O)O1. The van der Waals surface area contributed by atoms with Gasteiger partial charge in [-0.2, -0.15) is 0 Å². The van der Waals surface area contributed by atoms with Crippen molar-refractivity contribution in [2.24, 2.45) is 4.99 Å². The van der Waals surface area contributed by atoms with Gasteiger partial charge in [-0.3, -0.25) is 0 Å². The molecule has 0 aliphatic carbocycles. The first-order valence-electron chi connectivity index (χ1n) is 8.50. The third-order valence-corrected chi connectivity index (χ3v) is 4.09. The van der Waals surface area contributed by atoms with Crippen molar-refractivity contribution in [1.29, 1.82) is 0 Å². The molecule has 2 aromatic carbocycles. The molecule has 0 bridgehead atoms. The first kappa shape index (κ1) is 17.7. The van der Waals surface area contributed by atoms with Crippen LogP contribution in [0.1, 0.15) is 36.5 Å². The molecule has 1 heterocycles. The minimum absolute atomic E-state index is 0.269. The maximum Gasteiger partial charge on any atom is 0.363 e. The van der Waals surface area contributed by atoms with Crippen molar-refractivity contribution in [2.45, 2.75) is 19.8 Å². The number of hydrogen-bond donors (Lipinski definition) is 0. The molecule has 4 nitrogen and oxygen atoms in total. The van der Waals surface area contributed by atoms with Gasteiger partial charge in [-0.05, 0) is 35.3 Å². The van der Waals surface area contributed by atoms with Crippen LogP contribution in [0.25, 0.3) is 12.2 Å². The fourth-order valence-corrected chi connectivity index (χ4v) is 2.60. The summed E-state index contributed by atoms with van der Waals surface area (Å²) in [6.07, 6.45) is 5.21. The van der Waals surface area contributed by atoms with Gasteiger partial charge < -0.3 is 9.47 Å². The standard InChI is InChI=1S/C22H21NO3/c1-15(2)17-10-8-16(9-11-17)14-19-22(24)26-21(23-19)13-12-18-6-4-5-7-20(18)25-3/h4-15H,1-3H3/b13-12+,19-14-. The lowest BCUT2D eigenvalue weighted by atomic mass is 10.0. The highest BCUT2D eigenvalue weighted by Gasteiger charge is 2.21. The number of carbonyl (C=O) groups excluding carboxylic acids is 1. The van der Waals surface area contributed by atoms with Crippen LogP contribution in [0, 0.1) is 0 Å². The number of hydrogen-bond acceptors (Lipinski definition) is 4. The minimum Gasteiger partial charge on any atom is -0.496 e. The van der Waals surface area contributed by atoms with E-state index in [-0.39, 0.29) is 5.90 Å². The Kier molecular flexibility index (Phi) is 5.32. The van der Waals surface area contributed by atoms with Crippen LogP contribution < -0.4 is 4.74 Å². The lowest BCUT2D eigenvalue weighted by Crippen LogP contribution is -2.01. The number of ether oxygens (including phenoxy) is 2. The van der Waals surface area contributed by atoms with E-state index < -0.39 is 5.97 Å². The maximum atomic E-state index is 12.0. The number of para-hydroxylation sites is 1. The highest BCUT2D eigenvalue weighted by Crippen LogP contribution is 2.21. The topological polar surface area (TPSA) is 47.9 Å². The van der Waals surface area contributed by atoms with E-state index in [0.717, 1.165) is 16.9 Å². The second-order valence-electron chi connectivity index (χ2n) is 6.27. The van der Waals surface area contributed by atoms with Crippen molar-refractivity contribution < 1.29 is 14.3 Å². The van der Waals surface area contributed by atoms with Gasteiger partial charge >= 0.3 is 5.97 Å². The third-order valence-electron chi connectivity index (χ3n) is 4.09. The van der Waals surface area contributed by atoms with Gasteiger partial charge in [0, 0.05) is 11.6 Å². The van der Waals surface area contributed by atoms with Gasteiger partial charge in [0.1, 0.15) is 5.75 Å². The second kappa shape index (κ2) is 7.83. The molecule has 0 fully saturated rings. The van der Waals surface area contributed by atoms with Crippen LogP contribution in [-0.4, -0.2) is 19.0 Å². The molecular formula is C22H21NO3. The van der Waals surface area contributed by atoms with E-state index in [1.807, 2.05) is 42.5 Å². The summed E-state index contributed by atoms with van der Waals surface area (Å²) in [6.45, 7) is 4.29. The van der Waals surface area contributed by atoms with E-state index in [2.05, 4.69) is 31.0 Å². The van der Waals surface area contributed by atoms with Crippen LogP contribution in [0.4, 0.5) is 0 Å². The monoisotopic (exact) mass is 347 g/mol. The zero-order valence-corrected chi connectivity index (χ0v) is 15.1. The molecule has 1 aliphatic rings. The quantitative estimate of drug-likeness (QED) is 0.575. The van der Waals surface area contributed by atoms with Crippen LogP contribution in [0.3, 0.4) is 0 Å². The van der Waals surface area contributed by atoms with Crippen molar-refractivity contribution in [1.82, 2.24) is 0 Å². The summed E-state index contributed by atoms with van der Waals surface area (Å²) in [7, 11) is 1.62. The number of esters is 1. The van der Waals surface area contributed by atoms with Crippen molar-refractivity contribution in [3.05, 3.63) is 77.0 Å². The molecule has 0 N–H and O–H groups in total. The van der Waals surface area contributed by atoms with E-state index in [9.17, 15) is 4.79 Å². The summed E-state index contributed by atoms with van der Waals surface area (Å²) < 4.78 is 10.5. The van der Waals surface area contributed by atoms with Crippen molar-refractivity contribution in [3.63, 3.8) is 0 Å². The summed E-state index contributed by atoms with van der Waals surface area (Å²) in [4.78, 5) is 16.3. The summed E-state index contributed by atoms with van der Waals surface area (Å²) >= 11 is 0. The molecule has 1 aliphatic heterocycles. The fourth-order valence-electron chi connectivity index (χ4n) is 2.60. The number of carbonyl (C=O) groups is 1. The second-order valence-corrected chi connectivity index (χ2v) is 6.27. The number of rotatable bonds is 5. The average molecular weight is 347 g/mol. The van der Waals surface area contributed by atoms with Gasteiger partial charge in [-0.15, -0.1) is 0 Å². The van der Waals surface area contributed by atoms with Crippen molar-refractivity contribution in [2.75, 3.05) is 7.11 Å². The van der Waals surface area contributed by atoms with Gasteiger partial charge in [-0.1, -0.05) is 56.3 Å². The molecule has 0 saturated heterocycles. The number of nitrogens with zero attached hydrogens (tertiary/aromatic N) is 1. The van der Waals surface area contributed by atoms with Crippen molar-refractivity contribution >= 4 is 24.0 Å². The molecule has 0 amide bonds. The van der Waals surface area contributed by atoms with E-state index in [1.165, 1.54) is 5.56 Å². The van der Waals surface area contributed by atoms with Crippen LogP contribution in [0.2, 0.25) is 0 Å². The van der Waals surface area contributed by atoms with Gasteiger partial charge in [-0.25, -0.2) is 9.79 Å². The van der Waals surface area contributed by atoms with Crippen LogP contribution in [0.15, 0.2) is 65.3 Å². The number of methoxy groups -OCH3 is 1. The molecule has 0 spiro atoms. The Morgan fingerprint density at radius 1 is 1.04 bits per heavy atom. The molecule has 0 aromatic heterocycles. The van der Waals surface area contributed by atoms with Crippen molar-refractivity contribution in [3.8, 4) is 5.75 Å². The Balaban J connectivity index is 1.79. The third kappa shape index (κ3) is 4.09. The zero-order valence-electron chi connectivity index (χ0n) is 15.1. The predicted molar refractivity (Wildman–Crippen MR) is 104 cm³/mol. The molecule has 0 saturated carbocycles. The number of cyclic esters (lactones) is 1. The van der Waals surface area contributed by atoms with E-state index >= 15 is 0 Å². The highest BCUT2D eigenvalue weighted by atomic mass is 16.6. The summed E-state index contributed by atoms with van der Waals surface area (Å²) in [5.74, 6) is 1.04. The normalized spacial score (nSPS) is 15.6.